The number of carbonyl (C=O) groups excluding carboxylic acids is 1. The summed E-state index contributed by atoms with van der Waals surface area (Å²) in [7, 11) is 0. The van der Waals surface area contributed by atoms with Crippen LogP contribution in [0.5, 0.6) is 0 Å². The van der Waals surface area contributed by atoms with E-state index in [9.17, 15) is 4.79 Å². The molecule has 4 rings (SSSR count). The summed E-state index contributed by atoms with van der Waals surface area (Å²) in [6.07, 6.45) is 2.46. The zero-order valence-corrected chi connectivity index (χ0v) is 14.6. The third-order valence-corrected chi connectivity index (χ3v) is 5.00. The molecule has 6 nitrogen and oxygen atoms in total. The van der Waals surface area contributed by atoms with E-state index >= 15 is 0 Å². The van der Waals surface area contributed by atoms with Crippen molar-refractivity contribution in [1.29, 1.82) is 0 Å². The van der Waals surface area contributed by atoms with E-state index < -0.39 is 0 Å². The third-order valence-electron chi connectivity index (χ3n) is 4.67. The Morgan fingerprint density at radius 3 is 2.44 bits per heavy atom. The van der Waals surface area contributed by atoms with Crippen molar-refractivity contribution in [1.82, 2.24) is 15.1 Å². The molecule has 1 aromatic heterocycles. The van der Waals surface area contributed by atoms with E-state index in [2.05, 4.69) is 26.5 Å². The Hall–Kier alpha value is -2.34. The van der Waals surface area contributed by atoms with Crippen LogP contribution in [-0.4, -0.2) is 47.3 Å². The minimum absolute atomic E-state index is 0.122. The van der Waals surface area contributed by atoms with Crippen molar-refractivity contribution in [2.45, 2.75) is 18.8 Å². The van der Waals surface area contributed by atoms with Crippen molar-refractivity contribution >= 4 is 29.1 Å². The molecule has 0 bridgehead atoms. The van der Waals surface area contributed by atoms with Crippen LogP contribution in [0.1, 0.15) is 24.5 Å². The van der Waals surface area contributed by atoms with E-state index in [0.717, 1.165) is 24.6 Å². The summed E-state index contributed by atoms with van der Waals surface area (Å²) in [6, 6.07) is 11.3. The largest absolute Gasteiger partial charge is 0.352 e. The van der Waals surface area contributed by atoms with Crippen LogP contribution in [0.2, 0.25) is 5.02 Å². The Morgan fingerprint density at radius 2 is 1.80 bits per heavy atom. The summed E-state index contributed by atoms with van der Waals surface area (Å²) in [6.45, 7) is 2.77. The zero-order chi connectivity index (χ0) is 17.2. The van der Waals surface area contributed by atoms with E-state index in [1.807, 2.05) is 18.2 Å². The molecule has 1 saturated heterocycles. The van der Waals surface area contributed by atoms with E-state index in [1.54, 1.807) is 17.0 Å². The molecule has 2 fully saturated rings. The normalized spacial score (nSPS) is 17.5. The van der Waals surface area contributed by atoms with Crippen LogP contribution in [0, 0.1) is 0 Å². The first-order valence-electron chi connectivity index (χ1n) is 8.60. The predicted molar refractivity (Wildman–Crippen MR) is 98.3 cm³/mol. The Morgan fingerprint density at radius 1 is 1.04 bits per heavy atom. The number of urea groups is 1. The lowest BCUT2D eigenvalue weighted by atomic mass is 10.2. The number of nitrogens with one attached hydrogen (secondary N) is 1. The lowest BCUT2D eigenvalue weighted by Gasteiger charge is -2.35. The number of nitrogens with zero attached hydrogens (tertiary/aromatic N) is 4. The number of halogens is 1. The number of aromatic nitrogens is 2. The molecule has 2 aromatic rings. The number of hydrogen-bond acceptors (Lipinski definition) is 4. The standard InChI is InChI=1S/C18H20ClN5O/c19-14-3-1-2-4-16(14)20-18(25)24-11-9-23(10-12-24)17-8-7-15(21-22-17)13-5-6-13/h1-4,7-8,13H,5-6,9-12H2,(H,20,25). The third kappa shape index (κ3) is 3.69. The van der Waals surface area contributed by atoms with Crippen LogP contribution in [0.3, 0.4) is 0 Å². The molecule has 0 unspecified atom stereocenters. The summed E-state index contributed by atoms with van der Waals surface area (Å²) in [5, 5.41) is 12.1. The number of rotatable bonds is 3. The van der Waals surface area contributed by atoms with Crippen molar-refractivity contribution in [3.63, 3.8) is 0 Å². The molecule has 1 aromatic carbocycles. The fourth-order valence-electron chi connectivity index (χ4n) is 3.00. The maximum atomic E-state index is 12.4. The van der Waals surface area contributed by atoms with Gasteiger partial charge in [-0.25, -0.2) is 4.79 Å². The van der Waals surface area contributed by atoms with Gasteiger partial charge in [0.25, 0.3) is 0 Å². The van der Waals surface area contributed by atoms with E-state index in [0.29, 0.717) is 29.7 Å². The van der Waals surface area contributed by atoms with Gasteiger partial charge in [-0.1, -0.05) is 23.7 Å². The molecule has 2 aliphatic rings. The van der Waals surface area contributed by atoms with E-state index in [1.165, 1.54) is 12.8 Å². The molecule has 2 amide bonds. The Kier molecular flexibility index (Phi) is 4.44. The minimum atomic E-state index is -0.122. The molecule has 25 heavy (non-hydrogen) atoms. The van der Waals surface area contributed by atoms with Gasteiger partial charge < -0.3 is 15.1 Å². The van der Waals surface area contributed by atoms with Gasteiger partial charge in [0.15, 0.2) is 5.82 Å². The SMILES string of the molecule is O=C(Nc1ccccc1Cl)N1CCN(c2ccc(C3CC3)nn2)CC1. The molecule has 1 aliphatic carbocycles. The van der Waals surface area contributed by atoms with Crippen LogP contribution in [0.25, 0.3) is 0 Å². The van der Waals surface area contributed by atoms with Gasteiger partial charge in [0.1, 0.15) is 0 Å². The summed E-state index contributed by atoms with van der Waals surface area (Å²) in [5.41, 5.74) is 1.74. The molecule has 1 N–H and O–H groups in total. The number of carbonyl (C=O) groups is 1. The molecule has 0 spiro atoms. The summed E-state index contributed by atoms with van der Waals surface area (Å²) < 4.78 is 0. The number of para-hydroxylation sites is 1. The maximum Gasteiger partial charge on any atom is 0.322 e. The van der Waals surface area contributed by atoms with Crippen LogP contribution in [0.4, 0.5) is 16.3 Å². The first-order chi connectivity index (χ1) is 12.2. The van der Waals surface area contributed by atoms with E-state index in [-0.39, 0.29) is 6.03 Å². The highest BCUT2D eigenvalue weighted by Gasteiger charge is 2.26. The molecular formula is C18H20ClN5O. The first-order valence-corrected chi connectivity index (χ1v) is 8.97. The molecule has 0 radical (unpaired) electrons. The average molecular weight is 358 g/mol. The van der Waals surface area contributed by atoms with Gasteiger partial charge in [-0.15, -0.1) is 5.10 Å². The Balaban J connectivity index is 1.33. The summed E-state index contributed by atoms with van der Waals surface area (Å²) >= 11 is 6.09. The van der Waals surface area contributed by atoms with Crippen molar-refractivity contribution in [3.8, 4) is 0 Å². The monoisotopic (exact) mass is 357 g/mol. The van der Waals surface area contributed by atoms with Gasteiger partial charge in [0, 0.05) is 32.1 Å². The van der Waals surface area contributed by atoms with Gasteiger partial charge in [-0.3, -0.25) is 0 Å². The first kappa shape index (κ1) is 16.1. The summed E-state index contributed by atoms with van der Waals surface area (Å²) in [5.74, 6) is 1.50. The van der Waals surface area contributed by atoms with Crippen molar-refractivity contribution < 1.29 is 4.79 Å². The highest BCUT2D eigenvalue weighted by atomic mass is 35.5. The quantitative estimate of drug-likeness (QED) is 0.915. The lowest BCUT2D eigenvalue weighted by Crippen LogP contribution is -2.50. The topological polar surface area (TPSA) is 61.4 Å². The van der Waals surface area contributed by atoms with Gasteiger partial charge in [0.2, 0.25) is 0 Å². The number of hydrogen-bond donors (Lipinski definition) is 1. The van der Waals surface area contributed by atoms with Crippen LogP contribution in [-0.2, 0) is 0 Å². The fraction of sp³-hybridized carbons (Fsp3) is 0.389. The highest BCUT2D eigenvalue weighted by molar-refractivity contribution is 6.33. The summed E-state index contributed by atoms with van der Waals surface area (Å²) in [4.78, 5) is 16.4. The lowest BCUT2D eigenvalue weighted by molar-refractivity contribution is 0.208. The van der Waals surface area contributed by atoms with Gasteiger partial charge >= 0.3 is 6.03 Å². The average Bonchev–Trinajstić information content (AvgIpc) is 3.49. The van der Waals surface area contributed by atoms with Crippen molar-refractivity contribution in [3.05, 3.63) is 47.1 Å². The molecule has 0 atom stereocenters. The van der Waals surface area contributed by atoms with Gasteiger partial charge in [-0.2, -0.15) is 5.10 Å². The molecule has 1 aliphatic heterocycles. The number of benzene rings is 1. The second kappa shape index (κ2) is 6.88. The minimum Gasteiger partial charge on any atom is -0.352 e. The molecule has 130 valence electrons. The molecule has 7 heteroatoms. The Labute approximate surface area is 151 Å². The van der Waals surface area contributed by atoms with E-state index in [4.69, 9.17) is 11.6 Å². The second-order valence-corrected chi connectivity index (χ2v) is 6.88. The van der Waals surface area contributed by atoms with Crippen molar-refractivity contribution in [2.75, 3.05) is 36.4 Å². The van der Waals surface area contributed by atoms with Gasteiger partial charge in [0.05, 0.1) is 16.4 Å². The number of piperazine rings is 1. The molecular weight excluding hydrogens is 338 g/mol. The van der Waals surface area contributed by atoms with Crippen LogP contribution < -0.4 is 10.2 Å². The predicted octanol–water partition coefficient (Wildman–Crippen LogP) is 3.36. The Bertz CT molecular complexity index is 754. The van der Waals surface area contributed by atoms with Crippen molar-refractivity contribution in [2.24, 2.45) is 0 Å². The highest BCUT2D eigenvalue weighted by Crippen LogP contribution is 2.38. The fourth-order valence-corrected chi connectivity index (χ4v) is 3.18. The second-order valence-electron chi connectivity index (χ2n) is 6.47. The van der Waals surface area contributed by atoms with Crippen LogP contribution in [0.15, 0.2) is 36.4 Å². The smallest absolute Gasteiger partial charge is 0.322 e. The number of anilines is 2. The molecule has 1 saturated carbocycles. The van der Waals surface area contributed by atoms with Crippen LogP contribution >= 0.6 is 11.6 Å². The molecule has 2 heterocycles. The number of amides is 2. The zero-order valence-electron chi connectivity index (χ0n) is 13.9. The van der Waals surface area contributed by atoms with Gasteiger partial charge in [-0.05, 0) is 37.1 Å². The maximum absolute atomic E-state index is 12.4.